The highest BCUT2D eigenvalue weighted by molar-refractivity contribution is 8.02. The van der Waals surface area contributed by atoms with Gasteiger partial charge in [0.05, 0.1) is 17.5 Å². The summed E-state index contributed by atoms with van der Waals surface area (Å²) in [5.74, 6) is -0.254. The van der Waals surface area contributed by atoms with E-state index in [1.807, 2.05) is 37.3 Å². The molecule has 1 aliphatic carbocycles. The van der Waals surface area contributed by atoms with Crippen molar-refractivity contribution >= 4 is 29.3 Å². The molecule has 1 fully saturated rings. The van der Waals surface area contributed by atoms with Crippen LogP contribution >= 0.6 is 11.8 Å². The topological polar surface area (TPSA) is 67.2 Å². The quantitative estimate of drug-likeness (QED) is 0.585. The van der Waals surface area contributed by atoms with Crippen LogP contribution in [0.15, 0.2) is 41.8 Å². The Labute approximate surface area is 206 Å². The van der Waals surface area contributed by atoms with Gasteiger partial charge in [-0.25, -0.2) is 0 Å². The average Bonchev–Trinajstić information content (AvgIpc) is 3.45. The molecule has 6 nitrogen and oxygen atoms in total. The third-order valence-electron chi connectivity index (χ3n) is 7.47. The third-order valence-corrected chi connectivity index (χ3v) is 8.59. The summed E-state index contributed by atoms with van der Waals surface area (Å²) in [4.78, 5) is 29.5. The van der Waals surface area contributed by atoms with Gasteiger partial charge in [-0.1, -0.05) is 50.8 Å². The number of nitrogens with zero attached hydrogens (tertiary/aromatic N) is 3. The van der Waals surface area contributed by atoms with Crippen molar-refractivity contribution in [2.45, 2.75) is 88.6 Å². The Balaban J connectivity index is 1.51. The van der Waals surface area contributed by atoms with Crippen LogP contribution in [0.2, 0.25) is 0 Å². The molecule has 34 heavy (non-hydrogen) atoms. The molecule has 2 aromatic rings. The molecule has 7 heteroatoms. The lowest BCUT2D eigenvalue weighted by atomic mass is 9.93. The predicted molar refractivity (Wildman–Crippen MR) is 137 cm³/mol. The minimum Gasteiger partial charge on any atom is -0.351 e. The van der Waals surface area contributed by atoms with Crippen LogP contribution in [0, 0.1) is 0 Å². The first kappa shape index (κ1) is 23.2. The molecule has 1 aromatic carbocycles. The molecule has 1 aromatic heterocycles. The normalized spacial score (nSPS) is 25.3. The lowest BCUT2D eigenvalue weighted by Gasteiger charge is -2.43. The number of amides is 2. The highest BCUT2D eigenvalue weighted by Crippen LogP contribution is 2.40. The van der Waals surface area contributed by atoms with Gasteiger partial charge < -0.3 is 5.32 Å². The van der Waals surface area contributed by atoms with Gasteiger partial charge in [0, 0.05) is 11.7 Å². The summed E-state index contributed by atoms with van der Waals surface area (Å²) in [6, 6.07) is 10.1. The number of benzene rings is 1. The Hall–Kier alpha value is -2.54. The van der Waals surface area contributed by atoms with Gasteiger partial charge in [0.1, 0.15) is 11.2 Å². The largest absolute Gasteiger partial charge is 0.351 e. The molecule has 2 amide bonds. The smallest absolute Gasteiger partial charge is 0.277 e. The van der Waals surface area contributed by atoms with Crippen LogP contribution < -0.4 is 10.2 Å². The number of carbonyl (C=O) groups excluding carboxylic acids is 2. The molecular weight excluding hydrogens is 444 g/mol. The molecule has 3 heterocycles. The summed E-state index contributed by atoms with van der Waals surface area (Å²) in [6.07, 6.45) is 10.7. The highest BCUT2D eigenvalue weighted by atomic mass is 32.2. The van der Waals surface area contributed by atoms with Crippen LogP contribution in [-0.4, -0.2) is 33.2 Å². The van der Waals surface area contributed by atoms with Crippen LogP contribution in [-0.2, 0) is 17.8 Å². The zero-order valence-electron chi connectivity index (χ0n) is 20.1. The minimum atomic E-state index is -1.06. The van der Waals surface area contributed by atoms with Gasteiger partial charge in [0.25, 0.3) is 5.91 Å². The van der Waals surface area contributed by atoms with Crippen LogP contribution in [0.5, 0.6) is 0 Å². The molecule has 0 radical (unpaired) electrons. The number of rotatable bonds is 5. The van der Waals surface area contributed by atoms with E-state index in [1.54, 1.807) is 21.3 Å². The van der Waals surface area contributed by atoms with Gasteiger partial charge in [0.2, 0.25) is 5.91 Å². The SMILES string of the molecule is CCc1ccc(N2C(=O)c3cc(C4CC=CS4)nn3CC2(C)C(=O)NC2CCCCCC2)cc1. The van der Waals surface area contributed by atoms with Crippen molar-refractivity contribution in [3.63, 3.8) is 0 Å². The van der Waals surface area contributed by atoms with E-state index in [1.165, 1.54) is 18.4 Å². The number of aryl methyl sites for hydroxylation is 1. The monoisotopic (exact) mass is 478 g/mol. The number of hydrogen-bond donors (Lipinski definition) is 1. The zero-order valence-corrected chi connectivity index (χ0v) is 20.9. The number of carbonyl (C=O) groups is 2. The van der Waals surface area contributed by atoms with Crippen molar-refractivity contribution in [3.05, 3.63) is 58.8 Å². The second-order valence-corrected chi connectivity index (χ2v) is 11.1. The first-order chi connectivity index (χ1) is 16.5. The fourth-order valence-electron chi connectivity index (χ4n) is 5.38. The summed E-state index contributed by atoms with van der Waals surface area (Å²) in [5, 5.41) is 10.4. The molecule has 5 rings (SSSR count). The molecule has 2 atom stereocenters. The van der Waals surface area contributed by atoms with E-state index in [0.717, 1.165) is 49.9 Å². The fourth-order valence-corrected chi connectivity index (χ4v) is 6.27. The Morgan fingerprint density at radius 3 is 2.56 bits per heavy atom. The molecule has 0 spiro atoms. The second-order valence-electron chi connectivity index (χ2n) is 9.94. The van der Waals surface area contributed by atoms with E-state index < -0.39 is 5.54 Å². The van der Waals surface area contributed by atoms with Gasteiger partial charge in [-0.2, -0.15) is 5.10 Å². The highest BCUT2D eigenvalue weighted by Gasteiger charge is 2.49. The molecule has 2 aliphatic heterocycles. The Kier molecular flexibility index (Phi) is 6.56. The number of thioether (sulfide) groups is 1. The van der Waals surface area contributed by atoms with Crippen molar-refractivity contribution in [1.82, 2.24) is 15.1 Å². The minimum absolute atomic E-state index is 0.0908. The van der Waals surface area contributed by atoms with Crippen molar-refractivity contribution < 1.29 is 9.59 Å². The number of nitrogens with one attached hydrogen (secondary N) is 1. The number of anilines is 1. The lowest BCUT2D eigenvalue weighted by Crippen LogP contribution is -2.65. The number of hydrogen-bond acceptors (Lipinski definition) is 4. The van der Waals surface area contributed by atoms with Crippen LogP contribution in [0.25, 0.3) is 0 Å². The molecule has 3 aliphatic rings. The summed E-state index contributed by atoms with van der Waals surface area (Å²) in [7, 11) is 0. The first-order valence-corrected chi connectivity index (χ1v) is 13.6. The fraction of sp³-hybridized carbons (Fsp3) is 0.519. The van der Waals surface area contributed by atoms with Crippen molar-refractivity contribution in [2.24, 2.45) is 0 Å². The van der Waals surface area contributed by atoms with Crippen LogP contribution in [0.3, 0.4) is 0 Å². The maximum absolute atomic E-state index is 13.9. The van der Waals surface area contributed by atoms with E-state index in [0.29, 0.717) is 12.2 Å². The molecule has 2 unspecified atom stereocenters. The van der Waals surface area contributed by atoms with Crippen molar-refractivity contribution in [2.75, 3.05) is 4.90 Å². The number of fused-ring (bicyclic) bond motifs is 1. The Bertz CT molecular complexity index is 1080. The third kappa shape index (κ3) is 4.30. The average molecular weight is 479 g/mol. The van der Waals surface area contributed by atoms with Gasteiger partial charge >= 0.3 is 0 Å². The van der Waals surface area contributed by atoms with Crippen LogP contribution in [0.1, 0.15) is 85.8 Å². The summed E-state index contributed by atoms with van der Waals surface area (Å²) >= 11 is 1.73. The molecule has 0 saturated heterocycles. The predicted octanol–water partition coefficient (Wildman–Crippen LogP) is 5.40. The van der Waals surface area contributed by atoms with E-state index in [-0.39, 0.29) is 23.1 Å². The lowest BCUT2D eigenvalue weighted by molar-refractivity contribution is -0.127. The van der Waals surface area contributed by atoms with Gasteiger partial charge in [-0.15, -0.1) is 11.8 Å². The van der Waals surface area contributed by atoms with E-state index in [9.17, 15) is 9.59 Å². The maximum Gasteiger partial charge on any atom is 0.277 e. The van der Waals surface area contributed by atoms with Crippen LogP contribution in [0.4, 0.5) is 5.69 Å². The van der Waals surface area contributed by atoms with E-state index >= 15 is 0 Å². The number of aromatic nitrogens is 2. The van der Waals surface area contributed by atoms with Crippen molar-refractivity contribution in [3.8, 4) is 0 Å². The zero-order chi connectivity index (χ0) is 23.7. The van der Waals surface area contributed by atoms with E-state index in [2.05, 4.69) is 23.7 Å². The number of allylic oxidation sites excluding steroid dienone is 1. The Morgan fingerprint density at radius 1 is 1.18 bits per heavy atom. The second kappa shape index (κ2) is 9.61. The van der Waals surface area contributed by atoms with E-state index in [4.69, 9.17) is 5.10 Å². The van der Waals surface area contributed by atoms with Gasteiger partial charge in [-0.05, 0) is 61.8 Å². The molecular formula is C27H34N4O2S. The van der Waals surface area contributed by atoms with Gasteiger partial charge in [0.15, 0.2) is 0 Å². The summed E-state index contributed by atoms with van der Waals surface area (Å²) < 4.78 is 1.76. The summed E-state index contributed by atoms with van der Waals surface area (Å²) in [5.41, 5.74) is 2.37. The molecule has 1 saturated carbocycles. The molecule has 180 valence electrons. The maximum atomic E-state index is 13.9. The van der Waals surface area contributed by atoms with Gasteiger partial charge in [-0.3, -0.25) is 19.2 Å². The first-order valence-electron chi connectivity index (χ1n) is 12.6. The standard InChI is InChI=1S/C27H34N4O2S/c1-3-19-12-14-21(15-13-19)31-25(32)23-17-22(24-11-8-16-34-24)29-30(23)18-27(31,2)26(33)28-20-9-6-4-5-7-10-20/h8,12-17,20,24H,3-7,9-11,18H2,1-2H3,(H,28,33). The van der Waals surface area contributed by atoms with Crippen molar-refractivity contribution in [1.29, 1.82) is 0 Å². The Morgan fingerprint density at radius 2 is 1.91 bits per heavy atom. The summed E-state index contributed by atoms with van der Waals surface area (Å²) in [6.45, 7) is 4.34. The molecule has 0 bridgehead atoms. The molecule has 1 N–H and O–H groups in total.